The molecule has 0 unspecified atom stereocenters. The van der Waals surface area contributed by atoms with Gasteiger partial charge in [-0.3, -0.25) is 19.6 Å². The van der Waals surface area contributed by atoms with Crippen LogP contribution in [0.15, 0.2) is 34.1 Å². The van der Waals surface area contributed by atoms with E-state index in [1.54, 1.807) is 6.07 Å². The van der Waals surface area contributed by atoms with Gasteiger partial charge in [-0.15, -0.1) is 0 Å². The molecule has 0 amide bonds. The minimum atomic E-state index is -0.289. The van der Waals surface area contributed by atoms with E-state index in [0.29, 0.717) is 47.8 Å². The molecule has 0 aliphatic rings. The molecule has 4 rings (SSSR count). The normalized spacial score (nSPS) is 12.8. The van der Waals surface area contributed by atoms with E-state index in [1.165, 1.54) is 12.1 Å². The topological polar surface area (TPSA) is 143 Å². The standard InChI is InChI=1S/C18H19N5O3/c19-5-7-21-9-1-2-10-14-13(9)18(26)16-12(25)4-3-11(24)15(16)17(14)22-23(10)8-6-20/h1-4,22,25-26H,5-8,19-20H2. The van der Waals surface area contributed by atoms with Crippen molar-refractivity contribution in [2.75, 3.05) is 19.6 Å². The maximum Gasteiger partial charge on any atom is 0.189 e. The van der Waals surface area contributed by atoms with E-state index in [0.717, 1.165) is 5.52 Å². The molecule has 1 aromatic heterocycles. The molecule has 0 aliphatic heterocycles. The van der Waals surface area contributed by atoms with Crippen molar-refractivity contribution in [3.05, 3.63) is 39.8 Å². The summed E-state index contributed by atoms with van der Waals surface area (Å²) < 4.78 is 1.83. The van der Waals surface area contributed by atoms with E-state index in [-0.39, 0.29) is 27.7 Å². The third kappa shape index (κ3) is 2.16. The second kappa shape index (κ2) is 6.01. The number of fused-ring (bicyclic) bond motifs is 2. The largest absolute Gasteiger partial charge is 0.507 e. The summed E-state index contributed by atoms with van der Waals surface area (Å²) >= 11 is 0. The molecule has 0 radical (unpaired) electrons. The van der Waals surface area contributed by atoms with Gasteiger partial charge in [-0.05, 0) is 24.3 Å². The molecule has 26 heavy (non-hydrogen) atoms. The lowest BCUT2D eigenvalue weighted by Gasteiger charge is -2.08. The van der Waals surface area contributed by atoms with Crippen LogP contribution >= 0.6 is 0 Å². The summed E-state index contributed by atoms with van der Waals surface area (Å²) in [5, 5.41) is 26.5. The Morgan fingerprint density at radius 3 is 2.54 bits per heavy atom. The number of rotatable bonds is 4. The molecule has 8 heteroatoms. The summed E-state index contributed by atoms with van der Waals surface area (Å²) in [6.45, 7) is 1.69. The number of aromatic amines is 1. The fourth-order valence-corrected chi connectivity index (χ4v) is 3.54. The molecule has 0 saturated carbocycles. The quantitative estimate of drug-likeness (QED) is 0.335. The van der Waals surface area contributed by atoms with Crippen molar-refractivity contribution in [2.24, 2.45) is 16.5 Å². The van der Waals surface area contributed by atoms with E-state index in [4.69, 9.17) is 11.5 Å². The van der Waals surface area contributed by atoms with Crippen molar-refractivity contribution in [3.8, 4) is 11.5 Å². The highest BCUT2D eigenvalue weighted by Crippen LogP contribution is 2.41. The lowest BCUT2D eigenvalue weighted by Crippen LogP contribution is -2.12. The molecule has 8 nitrogen and oxygen atoms in total. The summed E-state index contributed by atoms with van der Waals surface area (Å²) in [6, 6.07) is 6.23. The highest BCUT2D eigenvalue weighted by molar-refractivity contribution is 6.23. The van der Waals surface area contributed by atoms with Crippen molar-refractivity contribution in [2.45, 2.75) is 6.54 Å². The zero-order chi connectivity index (χ0) is 18.4. The average molecular weight is 353 g/mol. The fourth-order valence-electron chi connectivity index (χ4n) is 3.54. The number of aromatic hydroxyl groups is 2. The molecule has 0 atom stereocenters. The van der Waals surface area contributed by atoms with Crippen molar-refractivity contribution in [1.29, 1.82) is 0 Å². The number of H-pyrrole nitrogens is 1. The molecule has 0 aliphatic carbocycles. The Labute approximate surface area is 147 Å². The number of phenolic OH excluding ortho intramolecular Hbond substituents is 2. The molecule has 0 fully saturated rings. The van der Waals surface area contributed by atoms with Crippen LogP contribution < -0.4 is 22.3 Å². The van der Waals surface area contributed by atoms with E-state index in [9.17, 15) is 15.0 Å². The Bertz CT molecular complexity index is 1260. The number of hydrogen-bond acceptors (Lipinski definition) is 6. The van der Waals surface area contributed by atoms with Gasteiger partial charge in [0, 0.05) is 18.5 Å². The van der Waals surface area contributed by atoms with E-state index < -0.39 is 0 Å². The minimum Gasteiger partial charge on any atom is -0.507 e. The first kappa shape index (κ1) is 16.4. The van der Waals surface area contributed by atoms with Gasteiger partial charge in [0.15, 0.2) is 5.43 Å². The van der Waals surface area contributed by atoms with E-state index >= 15 is 0 Å². The number of nitrogens with two attached hydrogens (primary N) is 2. The van der Waals surface area contributed by atoms with Crippen LogP contribution in [0.25, 0.3) is 32.6 Å². The lowest BCUT2D eigenvalue weighted by atomic mass is 9.99. The van der Waals surface area contributed by atoms with Gasteiger partial charge in [-0.25, -0.2) is 0 Å². The van der Waals surface area contributed by atoms with Crippen LogP contribution in [0.3, 0.4) is 0 Å². The van der Waals surface area contributed by atoms with Gasteiger partial charge in [-0.2, -0.15) is 0 Å². The number of aromatic nitrogens is 2. The lowest BCUT2D eigenvalue weighted by molar-refractivity contribution is 0.467. The highest BCUT2D eigenvalue weighted by Gasteiger charge is 2.21. The molecule has 0 bridgehead atoms. The van der Waals surface area contributed by atoms with Crippen molar-refractivity contribution in [1.82, 2.24) is 9.78 Å². The number of phenols is 2. The summed E-state index contributed by atoms with van der Waals surface area (Å²) in [5.41, 5.74) is 12.3. The van der Waals surface area contributed by atoms with Crippen molar-refractivity contribution >= 4 is 32.6 Å². The predicted octanol–water partition coefficient (Wildman–Crippen LogP) is 0.303. The molecule has 7 N–H and O–H groups in total. The van der Waals surface area contributed by atoms with Gasteiger partial charge in [0.25, 0.3) is 0 Å². The number of hydrogen-bond donors (Lipinski definition) is 5. The molecule has 1 heterocycles. The average Bonchev–Trinajstić information content (AvgIpc) is 2.99. The maximum absolute atomic E-state index is 12.5. The number of nitrogens with zero attached hydrogens (tertiary/aromatic N) is 2. The van der Waals surface area contributed by atoms with Crippen LogP contribution in [0.5, 0.6) is 11.5 Å². The third-order valence-corrected chi connectivity index (χ3v) is 4.58. The predicted molar refractivity (Wildman–Crippen MR) is 101 cm³/mol. The van der Waals surface area contributed by atoms with Crippen LogP contribution in [-0.2, 0) is 6.54 Å². The fraction of sp³-hybridized carbons (Fsp3) is 0.222. The Hall–Kier alpha value is -3.10. The second-order valence-corrected chi connectivity index (χ2v) is 6.13. The van der Waals surface area contributed by atoms with Crippen LogP contribution in [0.1, 0.15) is 0 Å². The maximum atomic E-state index is 12.5. The highest BCUT2D eigenvalue weighted by atomic mass is 16.3. The van der Waals surface area contributed by atoms with Gasteiger partial charge in [0.1, 0.15) is 11.5 Å². The van der Waals surface area contributed by atoms with Gasteiger partial charge < -0.3 is 21.7 Å². The molecule has 3 aromatic carbocycles. The first-order valence-corrected chi connectivity index (χ1v) is 8.34. The molecule has 4 aromatic rings. The zero-order valence-corrected chi connectivity index (χ0v) is 14.0. The summed E-state index contributed by atoms with van der Waals surface area (Å²) in [7, 11) is 0. The zero-order valence-electron chi connectivity index (χ0n) is 14.0. The van der Waals surface area contributed by atoms with Gasteiger partial charge in [-0.1, -0.05) is 0 Å². The summed E-state index contributed by atoms with van der Waals surface area (Å²) in [5.74, 6) is -0.326. The summed E-state index contributed by atoms with van der Waals surface area (Å²) in [6.07, 6.45) is 0. The smallest absolute Gasteiger partial charge is 0.189 e. The number of benzene rings is 3. The van der Waals surface area contributed by atoms with E-state index in [2.05, 4.69) is 10.1 Å². The van der Waals surface area contributed by atoms with Crippen LogP contribution in [0.4, 0.5) is 0 Å². The number of nitrogens with one attached hydrogen (secondary N) is 1. The second-order valence-electron chi connectivity index (χ2n) is 6.13. The molecular weight excluding hydrogens is 334 g/mol. The van der Waals surface area contributed by atoms with Crippen molar-refractivity contribution in [3.63, 3.8) is 0 Å². The Morgan fingerprint density at radius 1 is 1.00 bits per heavy atom. The van der Waals surface area contributed by atoms with Crippen LogP contribution in [-0.4, -0.2) is 39.6 Å². The Morgan fingerprint density at radius 2 is 1.81 bits per heavy atom. The van der Waals surface area contributed by atoms with Gasteiger partial charge >= 0.3 is 0 Å². The summed E-state index contributed by atoms with van der Waals surface area (Å²) in [4.78, 5) is 16.9. The SMILES string of the molecule is NCCN=c1ccc2c3c1c(O)c1c(O)ccc(=O)c1c3[nH]n2CCN. The van der Waals surface area contributed by atoms with Gasteiger partial charge in [0.2, 0.25) is 0 Å². The molecular formula is C18H19N5O3. The van der Waals surface area contributed by atoms with Crippen molar-refractivity contribution < 1.29 is 10.2 Å². The first-order chi connectivity index (χ1) is 12.6. The Balaban J connectivity index is 2.34. The first-order valence-electron chi connectivity index (χ1n) is 8.34. The van der Waals surface area contributed by atoms with Crippen LogP contribution in [0.2, 0.25) is 0 Å². The molecule has 134 valence electrons. The van der Waals surface area contributed by atoms with Crippen LogP contribution in [0, 0.1) is 0 Å². The van der Waals surface area contributed by atoms with E-state index in [1.807, 2.05) is 10.7 Å². The third-order valence-electron chi connectivity index (χ3n) is 4.58. The van der Waals surface area contributed by atoms with Gasteiger partial charge in [0.05, 0.1) is 45.6 Å². The Kier molecular flexibility index (Phi) is 3.78. The molecule has 0 spiro atoms. The minimum absolute atomic E-state index is 0.114. The monoisotopic (exact) mass is 353 g/mol. The molecule has 0 saturated heterocycles.